The van der Waals surface area contributed by atoms with Gasteiger partial charge in [-0.3, -0.25) is 0 Å². The topological polar surface area (TPSA) is 88.8 Å². The molecule has 1 aromatic carbocycles. The van der Waals surface area contributed by atoms with Crippen molar-refractivity contribution in [2.24, 2.45) is 5.92 Å². The average molecular weight is 399 g/mol. The molecule has 2 aliphatic rings. The van der Waals surface area contributed by atoms with Gasteiger partial charge in [-0.05, 0) is 30.0 Å². The summed E-state index contributed by atoms with van der Waals surface area (Å²) in [5, 5.41) is 3.42. The summed E-state index contributed by atoms with van der Waals surface area (Å²) in [6.07, 6.45) is 1.16. The fourth-order valence-electron chi connectivity index (χ4n) is 3.78. The largest absolute Gasteiger partial charge is 0.497 e. The molecule has 0 unspecified atom stereocenters. The predicted molar refractivity (Wildman–Crippen MR) is 116 cm³/mol. The molecule has 156 valence electrons. The lowest BCUT2D eigenvalue weighted by Crippen LogP contribution is -2.38. The molecule has 0 amide bonds. The van der Waals surface area contributed by atoms with Gasteiger partial charge in [-0.15, -0.1) is 0 Å². The predicted octanol–water partition coefficient (Wildman–Crippen LogP) is 2.36. The highest BCUT2D eigenvalue weighted by molar-refractivity contribution is 5.77. The van der Waals surface area contributed by atoms with Crippen LogP contribution in [0.4, 0.5) is 23.3 Å². The van der Waals surface area contributed by atoms with Crippen molar-refractivity contribution >= 4 is 23.3 Å². The van der Waals surface area contributed by atoms with Gasteiger partial charge in [0.2, 0.25) is 5.95 Å². The van der Waals surface area contributed by atoms with Crippen LogP contribution in [-0.4, -0.2) is 56.5 Å². The van der Waals surface area contributed by atoms with Crippen LogP contribution in [-0.2, 0) is 11.3 Å². The lowest BCUT2D eigenvalue weighted by molar-refractivity contribution is 0.122. The minimum atomic E-state index is 0.615. The first-order chi connectivity index (χ1) is 14.1. The Bertz CT molecular complexity index is 823. The fraction of sp³-hybridized carbons (Fsp3) is 0.524. The van der Waals surface area contributed by atoms with Crippen molar-refractivity contribution in [2.75, 3.05) is 67.4 Å². The lowest BCUT2D eigenvalue weighted by Gasteiger charge is -2.29. The second-order valence-corrected chi connectivity index (χ2v) is 7.75. The van der Waals surface area contributed by atoms with Gasteiger partial charge in [0.25, 0.3) is 0 Å². The minimum Gasteiger partial charge on any atom is -0.497 e. The Balaban J connectivity index is 1.59. The molecule has 0 spiro atoms. The SMILES string of the molecule is COc1ccc(CNc2nc(N3CCOCC3)nc(N3CC[C@H](C)C3)c2N)cc1. The standard InChI is InChI=1S/C21H30N6O2/c1-15-7-8-27(14-15)20-18(22)19(23-13-16-3-5-17(28-2)6-4-16)24-21(25-20)26-9-11-29-12-10-26/h3-6,15H,7-14,22H2,1-2H3,(H,23,24,25)/t15-/m0/s1. The molecule has 2 saturated heterocycles. The Morgan fingerprint density at radius 2 is 1.90 bits per heavy atom. The molecule has 0 aliphatic carbocycles. The molecule has 1 atom stereocenters. The molecule has 0 bridgehead atoms. The van der Waals surface area contributed by atoms with Crippen LogP contribution in [0, 0.1) is 5.92 Å². The number of rotatable bonds is 6. The van der Waals surface area contributed by atoms with Gasteiger partial charge in [-0.25, -0.2) is 0 Å². The molecule has 1 aromatic heterocycles. The number of anilines is 4. The number of nitrogens with one attached hydrogen (secondary N) is 1. The second-order valence-electron chi connectivity index (χ2n) is 7.75. The van der Waals surface area contributed by atoms with E-state index in [2.05, 4.69) is 22.0 Å². The fourth-order valence-corrected chi connectivity index (χ4v) is 3.78. The maximum atomic E-state index is 6.52. The molecule has 4 rings (SSSR count). The molecule has 0 saturated carbocycles. The first-order valence-corrected chi connectivity index (χ1v) is 10.3. The Labute approximate surface area is 172 Å². The van der Waals surface area contributed by atoms with E-state index in [0.29, 0.717) is 43.1 Å². The van der Waals surface area contributed by atoms with Crippen LogP contribution in [0.15, 0.2) is 24.3 Å². The van der Waals surface area contributed by atoms with Gasteiger partial charge in [-0.2, -0.15) is 9.97 Å². The molecule has 2 aliphatic heterocycles. The van der Waals surface area contributed by atoms with Gasteiger partial charge in [-0.1, -0.05) is 19.1 Å². The first-order valence-electron chi connectivity index (χ1n) is 10.3. The lowest BCUT2D eigenvalue weighted by atomic mass is 10.2. The van der Waals surface area contributed by atoms with Crippen molar-refractivity contribution < 1.29 is 9.47 Å². The third-order valence-corrected chi connectivity index (χ3v) is 5.55. The van der Waals surface area contributed by atoms with Crippen molar-refractivity contribution in [1.82, 2.24) is 9.97 Å². The van der Waals surface area contributed by atoms with Crippen LogP contribution >= 0.6 is 0 Å². The summed E-state index contributed by atoms with van der Waals surface area (Å²) in [6.45, 7) is 7.81. The van der Waals surface area contributed by atoms with Crippen molar-refractivity contribution in [3.05, 3.63) is 29.8 Å². The highest BCUT2D eigenvalue weighted by Gasteiger charge is 2.26. The highest BCUT2D eigenvalue weighted by atomic mass is 16.5. The molecule has 8 heteroatoms. The summed E-state index contributed by atoms with van der Waals surface area (Å²) in [5.74, 6) is 3.73. The summed E-state index contributed by atoms with van der Waals surface area (Å²) in [6, 6.07) is 7.98. The van der Waals surface area contributed by atoms with E-state index in [-0.39, 0.29) is 0 Å². The van der Waals surface area contributed by atoms with Gasteiger partial charge in [0.05, 0.1) is 20.3 Å². The molecule has 3 heterocycles. The number of morpholine rings is 1. The van der Waals surface area contributed by atoms with Gasteiger partial charge in [0.1, 0.15) is 11.4 Å². The third-order valence-electron chi connectivity index (χ3n) is 5.55. The van der Waals surface area contributed by atoms with Gasteiger partial charge in [0.15, 0.2) is 11.6 Å². The molecular formula is C21H30N6O2. The van der Waals surface area contributed by atoms with Crippen LogP contribution in [0.25, 0.3) is 0 Å². The zero-order valence-corrected chi connectivity index (χ0v) is 17.2. The zero-order valence-electron chi connectivity index (χ0n) is 17.2. The molecule has 8 nitrogen and oxygen atoms in total. The second kappa shape index (κ2) is 8.73. The smallest absolute Gasteiger partial charge is 0.229 e. The number of nitrogen functional groups attached to an aromatic ring is 1. The maximum Gasteiger partial charge on any atom is 0.229 e. The number of ether oxygens (including phenoxy) is 2. The van der Waals surface area contributed by atoms with E-state index in [0.717, 1.165) is 49.7 Å². The monoisotopic (exact) mass is 398 g/mol. The van der Waals surface area contributed by atoms with Crippen molar-refractivity contribution in [3.8, 4) is 5.75 Å². The number of hydrogen-bond acceptors (Lipinski definition) is 8. The Kier molecular flexibility index (Phi) is 5.89. The molecule has 2 fully saturated rings. The number of nitrogens with zero attached hydrogens (tertiary/aromatic N) is 4. The number of methoxy groups -OCH3 is 1. The molecule has 29 heavy (non-hydrogen) atoms. The summed E-state index contributed by atoms with van der Waals surface area (Å²) in [5.41, 5.74) is 8.27. The maximum absolute atomic E-state index is 6.52. The van der Waals surface area contributed by atoms with Crippen LogP contribution in [0.5, 0.6) is 5.75 Å². The van der Waals surface area contributed by atoms with Crippen LogP contribution < -0.4 is 25.6 Å². The molecule has 0 radical (unpaired) electrons. The van der Waals surface area contributed by atoms with Crippen molar-refractivity contribution in [3.63, 3.8) is 0 Å². The van der Waals surface area contributed by atoms with Crippen LogP contribution in [0.2, 0.25) is 0 Å². The Morgan fingerprint density at radius 1 is 1.14 bits per heavy atom. The highest BCUT2D eigenvalue weighted by Crippen LogP contribution is 2.33. The normalized spacial score (nSPS) is 19.4. The zero-order chi connectivity index (χ0) is 20.2. The average Bonchev–Trinajstić information content (AvgIpc) is 3.20. The van der Waals surface area contributed by atoms with Gasteiger partial charge < -0.3 is 30.3 Å². The van der Waals surface area contributed by atoms with Gasteiger partial charge >= 0.3 is 0 Å². The summed E-state index contributed by atoms with van der Waals surface area (Å²) < 4.78 is 10.7. The number of nitrogens with two attached hydrogens (primary N) is 1. The summed E-state index contributed by atoms with van der Waals surface area (Å²) >= 11 is 0. The minimum absolute atomic E-state index is 0.615. The van der Waals surface area contributed by atoms with Crippen molar-refractivity contribution in [1.29, 1.82) is 0 Å². The van der Waals surface area contributed by atoms with E-state index in [1.165, 1.54) is 0 Å². The van der Waals surface area contributed by atoms with E-state index in [1.807, 2.05) is 24.3 Å². The van der Waals surface area contributed by atoms with Crippen molar-refractivity contribution in [2.45, 2.75) is 19.9 Å². The quantitative estimate of drug-likeness (QED) is 0.767. The molecule has 2 aromatic rings. The number of benzene rings is 1. The van der Waals surface area contributed by atoms with Crippen LogP contribution in [0.3, 0.4) is 0 Å². The number of aromatic nitrogens is 2. The summed E-state index contributed by atoms with van der Waals surface area (Å²) in [4.78, 5) is 14.1. The van der Waals surface area contributed by atoms with E-state index in [9.17, 15) is 0 Å². The third kappa shape index (κ3) is 4.48. The summed E-state index contributed by atoms with van der Waals surface area (Å²) in [7, 11) is 1.67. The first kappa shape index (κ1) is 19.6. The Hall–Kier alpha value is -2.74. The molecular weight excluding hydrogens is 368 g/mol. The van der Waals surface area contributed by atoms with Crippen LogP contribution in [0.1, 0.15) is 18.9 Å². The number of hydrogen-bond donors (Lipinski definition) is 2. The van der Waals surface area contributed by atoms with Gasteiger partial charge in [0, 0.05) is 32.7 Å². The van der Waals surface area contributed by atoms with E-state index in [1.54, 1.807) is 7.11 Å². The van der Waals surface area contributed by atoms with E-state index in [4.69, 9.17) is 25.2 Å². The van der Waals surface area contributed by atoms with E-state index >= 15 is 0 Å². The van der Waals surface area contributed by atoms with E-state index < -0.39 is 0 Å². The molecule has 3 N–H and O–H groups in total. The Morgan fingerprint density at radius 3 is 2.55 bits per heavy atom.